The highest BCUT2D eigenvalue weighted by Gasteiger charge is 2.16. The van der Waals surface area contributed by atoms with Gasteiger partial charge in [-0.25, -0.2) is 4.79 Å². The van der Waals surface area contributed by atoms with Gasteiger partial charge in [-0.3, -0.25) is 0 Å². The van der Waals surface area contributed by atoms with Gasteiger partial charge in [-0.15, -0.1) is 0 Å². The van der Waals surface area contributed by atoms with Crippen molar-refractivity contribution in [1.29, 1.82) is 0 Å². The van der Waals surface area contributed by atoms with Crippen molar-refractivity contribution in [2.75, 3.05) is 13.3 Å². The number of carbonyl (C=O) groups excluding carboxylic acids is 1. The van der Waals surface area contributed by atoms with E-state index >= 15 is 0 Å². The fourth-order valence-electron chi connectivity index (χ4n) is 2.48. The Bertz CT molecular complexity index is 673. The van der Waals surface area contributed by atoms with Crippen LogP contribution in [0.5, 0.6) is 11.5 Å². The highest BCUT2D eigenvalue weighted by molar-refractivity contribution is 5.74. The second-order valence-electron chi connectivity index (χ2n) is 5.47. The average molecular weight is 312 g/mol. The van der Waals surface area contributed by atoms with E-state index in [0.29, 0.717) is 6.54 Å². The lowest BCUT2D eigenvalue weighted by Crippen LogP contribution is -2.38. The number of nitrogens with one attached hydrogen (secondary N) is 2. The van der Waals surface area contributed by atoms with Gasteiger partial charge >= 0.3 is 6.03 Å². The summed E-state index contributed by atoms with van der Waals surface area (Å²) in [4.78, 5) is 12.0. The van der Waals surface area contributed by atoms with Crippen LogP contribution >= 0.6 is 0 Å². The zero-order chi connectivity index (χ0) is 16.1. The predicted molar refractivity (Wildman–Crippen MR) is 87.7 cm³/mol. The third-order valence-electron chi connectivity index (χ3n) is 3.79. The summed E-state index contributed by atoms with van der Waals surface area (Å²) in [5.74, 6) is 1.47. The van der Waals surface area contributed by atoms with Crippen molar-refractivity contribution >= 4 is 6.03 Å². The second kappa shape index (κ2) is 7.05. The number of ether oxygens (including phenoxy) is 2. The van der Waals surface area contributed by atoms with Crippen LogP contribution in [0.1, 0.15) is 24.1 Å². The third kappa shape index (κ3) is 3.94. The van der Waals surface area contributed by atoms with Crippen molar-refractivity contribution in [2.45, 2.75) is 19.4 Å². The summed E-state index contributed by atoms with van der Waals surface area (Å²) >= 11 is 0. The zero-order valence-corrected chi connectivity index (χ0v) is 13.0. The lowest BCUT2D eigenvalue weighted by atomic mass is 10.1. The van der Waals surface area contributed by atoms with Crippen molar-refractivity contribution in [2.24, 2.45) is 0 Å². The molecule has 120 valence electrons. The van der Waals surface area contributed by atoms with Crippen LogP contribution in [0.25, 0.3) is 0 Å². The molecule has 1 unspecified atom stereocenters. The Morgan fingerprint density at radius 3 is 2.74 bits per heavy atom. The molecule has 5 heteroatoms. The number of rotatable bonds is 5. The van der Waals surface area contributed by atoms with Gasteiger partial charge in [0.05, 0.1) is 6.04 Å². The van der Waals surface area contributed by atoms with Crippen LogP contribution in [0.3, 0.4) is 0 Å². The Balaban J connectivity index is 1.47. The lowest BCUT2D eigenvalue weighted by Gasteiger charge is -2.15. The van der Waals surface area contributed by atoms with Gasteiger partial charge in [0, 0.05) is 6.54 Å². The molecule has 0 saturated carbocycles. The molecule has 1 atom stereocenters. The first kappa shape index (κ1) is 15.2. The topological polar surface area (TPSA) is 59.6 Å². The maximum absolute atomic E-state index is 12.0. The summed E-state index contributed by atoms with van der Waals surface area (Å²) in [6.07, 6.45) is 0.812. The smallest absolute Gasteiger partial charge is 0.315 e. The first-order valence-corrected chi connectivity index (χ1v) is 7.70. The second-order valence-corrected chi connectivity index (χ2v) is 5.47. The van der Waals surface area contributed by atoms with Crippen LogP contribution in [-0.2, 0) is 6.42 Å². The van der Waals surface area contributed by atoms with Crippen molar-refractivity contribution in [3.05, 3.63) is 59.7 Å². The molecule has 5 nitrogen and oxygen atoms in total. The van der Waals surface area contributed by atoms with Gasteiger partial charge in [0.1, 0.15) is 0 Å². The van der Waals surface area contributed by atoms with Crippen LogP contribution in [0.4, 0.5) is 4.79 Å². The molecular weight excluding hydrogens is 292 g/mol. The first-order valence-electron chi connectivity index (χ1n) is 7.70. The minimum atomic E-state index is -0.175. The summed E-state index contributed by atoms with van der Waals surface area (Å²) in [6, 6.07) is 15.5. The summed E-state index contributed by atoms with van der Waals surface area (Å²) < 4.78 is 10.6. The van der Waals surface area contributed by atoms with E-state index in [4.69, 9.17) is 9.47 Å². The molecule has 2 aromatic rings. The van der Waals surface area contributed by atoms with Gasteiger partial charge in [0.25, 0.3) is 0 Å². The van der Waals surface area contributed by atoms with E-state index < -0.39 is 0 Å². The van der Waals surface area contributed by atoms with Gasteiger partial charge in [-0.05, 0) is 36.6 Å². The standard InChI is InChI=1S/C18H20N2O3/c1-13(15-7-8-16-17(11-15)23-12-22-16)20-18(21)19-10-9-14-5-3-2-4-6-14/h2-8,11,13H,9-10,12H2,1H3,(H2,19,20,21). The Morgan fingerprint density at radius 1 is 1.13 bits per heavy atom. The quantitative estimate of drug-likeness (QED) is 0.892. The van der Waals surface area contributed by atoms with Gasteiger partial charge in [0.15, 0.2) is 11.5 Å². The molecule has 2 aromatic carbocycles. The minimum Gasteiger partial charge on any atom is -0.454 e. The predicted octanol–water partition coefficient (Wildman–Crippen LogP) is 3.02. The van der Waals surface area contributed by atoms with E-state index in [1.54, 1.807) is 0 Å². The molecule has 0 fully saturated rings. The maximum Gasteiger partial charge on any atom is 0.315 e. The largest absolute Gasteiger partial charge is 0.454 e. The average Bonchev–Trinajstić information content (AvgIpc) is 3.03. The Kier molecular flexibility index (Phi) is 4.66. The molecule has 2 amide bonds. The minimum absolute atomic E-state index is 0.110. The van der Waals surface area contributed by atoms with Crippen LogP contribution in [0, 0.1) is 0 Å². The highest BCUT2D eigenvalue weighted by Crippen LogP contribution is 2.34. The Hall–Kier alpha value is -2.69. The van der Waals surface area contributed by atoms with E-state index in [9.17, 15) is 4.79 Å². The van der Waals surface area contributed by atoms with Crippen molar-refractivity contribution < 1.29 is 14.3 Å². The molecule has 3 rings (SSSR count). The lowest BCUT2D eigenvalue weighted by molar-refractivity contribution is 0.174. The van der Waals surface area contributed by atoms with Crippen molar-refractivity contribution in [3.8, 4) is 11.5 Å². The molecule has 0 radical (unpaired) electrons. The van der Waals surface area contributed by atoms with E-state index in [1.165, 1.54) is 5.56 Å². The Morgan fingerprint density at radius 2 is 1.91 bits per heavy atom. The normalized spacial score (nSPS) is 13.4. The summed E-state index contributed by atoms with van der Waals surface area (Å²) in [7, 11) is 0. The number of fused-ring (bicyclic) bond motifs is 1. The van der Waals surface area contributed by atoms with E-state index in [-0.39, 0.29) is 18.9 Å². The molecule has 23 heavy (non-hydrogen) atoms. The van der Waals surface area contributed by atoms with Gasteiger partial charge in [-0.2, -0.15) is 0 Å². The van der Waals surface area contributed by atoms with Crippen LogP contribution < -0.4 is 20.1 Å². The molecule has 0 saturated heterocycles. The highest BCUT2D eigenvalue weighted by atomic mass is 16.7. The fourth-order valence-corrected chi connectivity index (χ4v) is 2.48. The number of amides is 2. The van der Waals surface area contributed by atoms with Crippen LogP contribution in [-0.4, -0.2) is 19.4 Å². The summed E-state index contributed by atoms with van der Waals surface area (Å²) in [5, 5.41) is 5.81. The van der Waals surface area contributed by atoms with E-state index in [1.807, 2.05) is 43.3 Å². The fraction of sp³-hybridized carbons (Fsp3) is 0.278. The summed E-state index contributed by atoms with van der Waals surface area (Å²) in [6.45, 7) is 2.79. The molecule has 0 bridgehead atoms. The van der Waals surface area contributed by atoms with Crippen molar-refractivity contribution in [3.63, 3.8) is 0 Å². The third-order valence-corrected chi connectivity index (χ3v) is 3.79. The molecular formula is C18H20N2O3. The molecule has 1 heterocycles. The van der Waals surface area contributed by atoms with Crippen LogP contribution in [0.15, 0.2) is 48.5 Å². The Labute approximate surface area is 135 Å². The summed E-state index contributed by atoms with van der Waals surface area (Å²) in [5.41, 5.74) is 2.18. The van der Waals surface area contributed by atoms with Gasteiger partial charge < -0.3 is 20.1 Å². The molecule has 0 aromatic heterocycles. The van der Waals surface area contributed by atoms with Gasteiger partial charge in [-0.1, -0.05) is 36.4 Å². The molecule has 2 N–H and O–H groups in total. The van der Waals surface area contributed by atoms with Crippen molar-refractivity contribution in [1.82, 2.24) is 10.6 Å². The number of urea groups is 1. The maximum atomic E-state index is 12.0. The molecule has 0 aliphatic carbocycles. The number of hydrogen-bond donors (Lipinski definition) is 2. The number of benzene rings is 2. The SMILES string of the molecule is CC(NC(=O)NCCc1ccccc1)c1ccc2c(c1)OCO2. The van der Waals surface area contributed by atoms with E-state index in [0.717, 1.165) is 23.5 Å². The number of carbonyl (C=O) groups is 1. The van der Waals surface area contributed by atoms with Gasteiger partial charge in [0.2, 0.25) is 6.79 Å². The first-order chi connectivity index (χ1) is 11.2. The van der Waals surface area contributed by atoms with E-state index in [2.05, 4.69) is 22.8 Å². The van der Waals surface area contributed by atoms with Crippen LogP contribution in [0.2, 0.25) is 0 Å². The number of hydrogen-bond acceptors (Lipinski definition) is 3. The monoisotopic (exact) mass is 312 g/mol. The molecule has 1 aliphatic rings. The zero-order valence-electron chi connectivity index (χ0n) is 13.0. The molecule has 1 aliphatic heterocycles. The molecule has 0 spiro atoms.